The van der Waals surface area contributed by atoms with Gasteiger partial charge >= 0.3 is 5.97 Å². The average Bonchev–Trinajstić information content (AvgIpc) is 2.51. The third-order valence-corrected chi connectivity index (χ3v) is 3.59. The number of ether oxygens (including phenoxy) is 1. The normalized spacial score (nSPS) is 17.5. The highest BCUT2D eigenvalue weighted by molar-refractivity contribution is 5.83. The molecule has 0 spiro atoms. The lowest BCUT2D eigenvalue weighted by atomic mass is 10.0. The van der Waals surface area contributed by atoms with Gasteiger partial charge in [-0.25, -0.2) is 0 Å². The number of hydrogen-bond acceptors (Lipinski definition) is 3. The molecule has 1 amide bonds. The van der Waals surface area contributed by atoms with Crippen LogP contribution in [-0.2, 0) is 9.59 Å². The summed E-state index contributed by atoms with van der Waals surface area (Å²) in [5.74, 6) is 0.173. The number of aliphatic carboxylic acids is 1. The van der Waals surface area contributed by atoms with Crippen LogP contribution >= 0.6 is 0 Å². The lowest BCUT2D eigenvalue weighted by Crippen LogP contribution is -2.55. The number of likely N-dealkylation sites (tertiary alicyclic amines) is 1. The molecular formula is C17H21NO4. The number of para-hydroxylation sites is 1. The summed E-state index contributed by atoms with van der Waals surface area (Å²) >= 11 is 0. The summed E-state index contributed by atoms with van der Waals surface area (Å²) in [4.78, 5) is 23.8. The summed E-state index contributed by atoms with van der Waals surface area (Å²) in [7, 11) is 0. The standard InChI is InChI=1S/C17H21NO4/c19-16-12-14(13-22-15-8-4-3-5-9-15)18(16)11-7-2-1-6-10-17(20)21/h2-5,7-9,14H,1,6,10-13H2,(H,20,21)/b7-2-/t14-/m1/s1. The van der Waals surface area contributed by atoms with Crippen LogP contribution in [0, 0.1) is 0 Å². The van der Waals surface area contributed by atoms with E-state index in [4.69, 9.17) is 9.84 Å². The van der Waals surface area contributed by atoms with Crippen LogP contribution in [-0.4, -0.2) is 41.1 Å². The average molecular weight is 303 g/mol. The minimum Gasteiger partial charge on any atom is -0.491 e. The SMILES string of the molecule is O=C(O)CCC/C=C\CN1C(=O)C[C@@H]1COc1ccccc1. The van der Waals surface area contributed by atoms with E-state index in [1.165, 1.54) is 0 Å². The van der Waals surface area contributed by atoms with Crippen LogP contribution in [0.1, 0.15) is 25.7 Å². The van der Waals surface area contributed by atoms with Gasteiger partial charge in [0.2, 0.25) is 5.91 Å². The highest BCUT2D eigenvalue weighted by Crippen LogP contribution is 2.20. The van der Waals surface area contributed by atoms with Crippen molar-refractivity contribution in [1.82, 2.24) is 4.90 Å². The van der Waals surface area contributed by atoms with Gasteiger partial charge in [-0.05, 0) is 25.0 Å². The summed E-state index contributed by atoms with van der Waals surface area (Å²) in [5.41, 5.74) is 0. The van der Waals surface area contributed by atoms with Crippen molar-refractivity contribution in [3.63, 3.8) is 0 Å². The summed E-state index contributed by atoms with van der Waals surface area (Å²) in [6.07, 6.45) is 5.91. The van der Waals surface area contributed by atoms with Gasteiger partial charge in [0.25, 0.3) is 0 Å². The van der Waals surface area contributed by atoms with E-state index >= 15 is 0 Å². The van der Waals surface area contributed by atoms with Gasteiger partial charge in [0, 0.05) is 13.0 Å². The van der Waals surface area contributed by atoms with E-state index in [0.717, 1.165) is 12.2 Å². The van der Waals surface area contributed by atoms with Crippen LogP contribution in [0.25, 0.3) is 0 Å². The molecule has 1 aliphatic heterocycles. The Morgan fingerprint density at radius 1 is 1.32 bits per heavy atom. The Balaban J connectivity index is 1.67. The van der Waals surface area contributed by atoms with E-state index in [1.54, 1.807) is 4.90 Å². The summed E-state index contributed by atoms with van der Waals surface area (Å²) in [6.45, 7) is 1.07. The first kappa shape index (κ1) is 16.1. The van der Waals surface area contributed by atoms with Crippen molar-refractivity contribution < 1.29 is 19.4 Å². The summed E-state index contributed by atoms with van der Waals surface area (Å²) < 4.78 is 5.68. The molecule has 22 heavy (non-hydrogen) atoms. The van der Waals surface area contributed by atoms with E-state index in [9.17, 15) is 9.59 Å². The minimum atomic E-state index is -0.774. The van der Waals surface area contributed by atoms with Gasteiger partial charge in [-0.2, -0.15) is 0 Å². The Kier molecular flexibility index (Phi) is 6.01. The molecule has 1 saturated heterocycles. The quantitative estimate of drug-likeness (QED) is 0.432. The number of unbranched alkanes of at least 4 members (excludes halogenated alkanes) is 1. The molecule has 0 bridgehead atoms. The molecule has 1 aromatic carbocycles. The maximum Gasteiger partial charge on any atom is 0.303 e. The van der Waals surface area contributed by atoms with Gasteiger partial charge in [0.15, 0.2) is 0 Å². The van der Waals surface area contributed by atoms with Crippen molar-refractivity contribution in [2.45, 2.75) is 31.7 Å². The first-order valence-electron chi connectivity index (χ1n) is 7.51. The van der Waals surface area contributed by atoms with E-state index < -0.39 is 5.97 Å². The highest BCUT2D eigenvalue weighted by Gasteiger charge is 2.35. The third kappa shape index (κ3) is 4.91. The number of carboxylic acids is 1. The fourth-order valence-corrected chi connectivity index (χ4v) is 2.31. The van der Waals surface area contributed by atoms with Crippen LogP contribution < -0.4 is 4.74 Å². The maximum absolute atomic E-state index is 11.6. The van der Waals surface area contributed by atoms with E-state index in [0.29, 0.717) is 26.0 Å². The Bertz CT molecular complexity index is 527. The molecular weight excluding hydrogens is 282 g/mol. The molecule has 1 N–H and O–H groups in total. The molecule has 1 heterocycles. The fourth-order valence-electron chi connectivity index (χ4n) is 2.31. The second kappa shape index (κ2) is 8.22. The van der Waals surface area contributed by atoms with Crippen molar-refractivity contribution in [3.8, 4) is 5.75 Å². The number of benzene rings is 1. The topological polar surface area (TPSA) is 66.8 Å². The van der Waals surface area contributed by atoms with Crippen LogP contribution in [0.5, 0.6) is 5.75 Å². The van der Waals surface area contributed by atoms with Crippen molar-refractivity contribution in [1.29, 1.82) is 0 Å². The van der Waals surface area contributed by atoms with Crippen LogP contribution in [0.3, 0.4) is 0 Å². The number of nitrogens with zero attached hydrogens (tertiary/aromatic N) is 1. The second-order valence-corrected chi connectivity index (χ2v) is 5.29. The van der Waals surface area contributed by atoms with E-state index in [2.05, 4.69) is 0 Å². The second-order valence-electron chi connectivity index (χ2n) is 5.29. The van der Waals surface area contributed by atoms with E-state index in [1.807, 2.05) is 42.5 Å². The molecule has 5 nitrogen and oxygen atoms in total. The molecule has 5 heteroatoms. The van der Waals surface area contributed by atoms with Crippen LogP contribution in [0.4, 0.5) is 0 Å². The van der Waals surface area contributed by atoms with Gasteiger partial charge in [-0.3, -0.25) is 9.59 Å². The Hall–Kier alpha value is -2.30. The predicted molar refractivity (Wildman–Crippen MR) is 82.7 cm³/mol. The Labute approximate surface area is 130 Å². The summed E-state index contributed by atoms with van der Waals surface area (Å²) in [5, 5.41) is 8.54. The molecule has 1 aliphatic rings. The zero-order chi connectivity index (χ0) is 15.8. The van der Waals surface area contributed by atoms with Gasteiger partial charge in [0.1, 0.15) is 12.4 Å². The number of amides is 1. The van der Waals surface area contributed by atoms with E-state index in [-0.39, 0.29) is 18.4 Å². The number of hydrogen-bond donors (Lipinski definition) is 1. The van der Waals surface area contributed by atoms with Crippen LogP contribution in [0.2, 0.25) is 0 Å². The number of carbonyl (C=O) groups is 2. The van der Waals surface area contributed by atoms with Gasteiger partial charge in [-0.15, -0.1) is 0 Å². The first-order chi connectivity index (χ1) is 10.7. The maximum atomic E-state index is 11.6. The molecule has 0 aliphatic carbocycles. The Morgan fingerprint density at radius 3 is 2.77 bits per heavy atom. The van der Waals surface area contributed by atoms with Crippen molar-refractivity contribution >= 4 is 11.9 Å². The van der Waals surface area contributed by atoms with Gasteiger partial charge in [-0.1, -0.05) is 30.4 Å². The predicted octanol–water partition coefficient (Wildman–Crippen LogP) is 2.48. The number of carboxylic acid groups (broad SMARTS) is 1. The molecule has 1 aromatic rings. The molecule has 118 valence electrons. The number of carbonyl (C=O) groups excluding carboxylic acids is 1. The lowest BCUT2D eigenvalue weighted by molar-refractivity contribution is -0.146. The Morgan fingerprint density at radius 2 is 2.09 bits per heavy atom. The largest absolute Gasteiger partial charge is 0.491 e. The molecule has 1 atom stereocenters. The molecule has 0 saturated carbocycles. The fraction of sp³-hybridized carbons (Fsp3) is 0.412. The lowest BCUT2D eigenvalue weighted by Gasteiger charge is -2.39. The number of allylic oxidation sites excluding steroid dienone is 1. The monoisotopic (exact) mass is 303 g/mol. The molecule has 2 rings (SSSR count). The minimum absolute atomic E-state index is 0.122. The number of β-lactam (4-membered cyclic amide) rings is 1. The van der Waals surface area contributed by atoms with Crippen LogP contribution in [0.15, 0.2) is 42.5 Å². The summed E-state index contributed by atoms with van der Waals surface area (Å²) in [6, 6.07) is 9.68. The molecule has 0 aromatic heterocycles. The smallest absolute Gasteiger partial charge is 0.303 e. The van der Waals surface area contributed by atoms with Crippen molar-refractivity contribution in [2.75, 3.05) is 13.2 Å². The first-order valence-corrected chi connectivity index (χ1v) is 7.51. The highest BCUT2D eigenvalue weighted by atomic mass is 16.5. The molecule has 0 radical (unpaired) electrons. The molecule has 0 unspecified atom stereocenters. The van der Waals surface area contributed by atoms with Crippen molar-refractivity contribution in [2.24, 2.45) is 0 Å². The zero-order valence-corrected chi connectivity index (χ0v) is 12.5. The third-order valence-electron chi connectivity index (χ3n) is 3.59. The zero-order valence-electron chi connectivity index (χ0n) is 12.5. The van der Waals surface area contributed by atoms with Gasteiger partial charge in [0.05, 0.1) is 12.5 Å². The molecule has 1 fully saturated rings. The van der Waals surface area contributed by atoms with Gasteiger partial charge < -0.3 is 14.7 Å². The van der Waals surface area contributed by atoms with Crippen molar-refractivity contribution in [3.05, 3.63) is 42.5 Å². The number of rotatable bonds is 9.